The average Bonchev–Trinajstić information content (AvgIpc) is 2.58. The van der Waals surface area contributed by atoms with Crippen molar-refractivity contribution in [2.45, 2.75) is 4.83 Å². The van der Waals surface area contributed by atoms with Crippen LogP contribution in [0.3, 0.4) is 0 Å². The molecule has 0 atom stereocenters. The van der Waals surface area contributed by atoms with E-state index < -0.39 is 15.6 Å². The quantitative estimate of drug-likeness (QED) is 0.525. The highest BCUT2D eigenvalue weighted by atomic mass is 79.9. The van der Waals surface area contributed by atoms with Gasteiger partial charge in [-0.15, -0.1) is 0 Å². The third-order valence-corrected chi connectivity index (χ3v) is 2.32. The third kappa shape index (κ3) is 1.87. The van der Waals surface area contributed by atoms with Crippen LogP contribution in [0, 0.1) is 10.1 Å². The summed E-state index contributed by atoms with van der Waals surface area (Å²) in [7, 11) is 0. The number of nitrogens with one attached hydrogen (secondary N) is 1. The maximum absolute atomic E-state index is 12.8. The molecule has 0 aliphatic heterocycles. The van der Waals surface area contributed by atoms with Gasteiger partial charge < -0.3 is 4.98 Å². The standard InChI is InChI=1S/C8H4BrF2N3O2/c9-8(10,11)7-12-5-2-1-4(14(15)16)3-6(5)13-7/h1-3H,(H,12,13). The molecule has 0 saturated heterocycles. The smallest absolute Gasteiger partial charge is 0.336 e. The van der Waals surface area contributed by atoms with E-state index in [1.807, 2.05) is 0 Å². The van der Waals surface area contributed by atoms with Crippen LogP contribution < -0.4 is 0 Å². The number of H-pyrrole nitrogens is 1. The van der Waals surface area contributed by atoms with E-state index in [0.29, 0.717) is 0 Å². The Hall–Kier alpha value is -1.57. The second-order valence-corrected chi connectivity index (χ2v) is 4.04. The molecular formula is C8H4BrF2N3O2. The van der Waals surface area contributed by atoms with E-state index in [0.717, 1.165) is 6.07 Å². The Morgan fingerprint density at radius 1 is 1.50 bits per heavy atom. The lowest BCUT2D eigenvalue weighted by Gasteiger charge is -2.01. The molecule has 1 aromatic carbocycles. The number of fused-ring (bicyclic) bond motifs is 1. The van der Waals surface area contributed by atoms with Gasteiger partial charge in [-0.1, -0.05) is 0 Å². The van der Waals surface area contributed by atoms with Crippen molar-refractivity contribution in [3.8, 4) is 0 Å². The van der Waals surface area contributed by atoms with Crippen LogP contribution in [0.2, 0.25) is 0 Å². The molecule has 0 saturated carbocycles. The zero-order valence-electron chi connectivity index (χ0n) is 7.58. The number of nitro benzene ring substituents is 1. The van der Waals surface area contributed by atoms with Crippen LogP contribution in [-0.2, 0) is 4.83 Å². The van der Waals surface area contributed by atoms with E-state index >= 15 is 0 Å². The van der Waals surface area contributed by atoms with Gasteiger partial charge in [0.05, 0.1) is 16.0 Å². The molecule has 5 nitrogen and oxygen atoms in total. The molecule has 1 N–H and O–H groups in total. The first-order chi connectivity index (χ1) is 7.38. The summed E-state index contributed by atoms with van der Waals surface area (Å²) in [6.45, 7) is 0. The van der Waals surface area contributed by atoms with Crippen LogP contribution >= 0.6 is 15.9 Å². The van der Waals surface area contributed by atoms with Gasteiger partial charge in [-0.25, -0.2) is 4.98 Å². The molecule has 2 rings (SSSR count). The molecule has 16 heavy (non-hydrogen) atoms. The minimum absolute atomic E-state index is 0.180. The molecule has 84 valence electrons. The number of alkyl halides is 3. The highest BCUT2D eigenvalue weighted by Gasteiger charge is 2.31. The van der Waals surface area contributed by atoms with Crippen LogP contribution in [0.4, 0.5) is 14.5 Å². The number of rotatable bonds is 2. The van der Waals surface area contributed by atoms with E-state index in [9.17, 15) is 18.9 Å². The molecule has 0 unspecified atom stereocenters. The zero-order chi connectivity index (χ0) is 11.9. The topological polar surface area (TPSA) is 71.8 Å². The number of aromatic nitrogens is 2. The van der Waals surface area contributed by atoms with E-state index in [1.54, 1.807) is 0 Å². The first-order valence-corrected chi connectivity index (χ1v) is 4.88. The summed E-state index contributed by atoms with van der Waals surface area (Å²) < 4.78 is 25.7. The summed E-state index contributed by atoms with van der Waals surface area (Å²) in [6, 6.07) is 3.68. The number of aromatic amines is 1. The Balaban J connectivity index is 2.59. The number of nitrogens with zero attached hydrogens (tertiary/aromatic N) is 2. The fraction of sp³-hybridized carbons (Fsp3) is 0.125. The predicted molar refractivity (Wildman–Crippen MR) is 55.6 cm³/mol. The van der Waals surface area contributed by atoms with E-state index in [-0.39, 0.29) is 16.7 Å². The minimum atomic E-state index is -3.28. The normalized spacial score (nSPS) is 11.9. The van der Waals surface area contributed by atoms with Crippen LogP contribution in [0.15, 0.2) is 18.2 Å². The Bertz CT molecular complexity index is 564. The molecule has 0 amide bonds. The van der Waals surface area contributed by atoms with Crippen molar-refractivity contribution in [2.24, 2.45) is 0 Å². The van der Waals surface area contributed by atoms with Gasteiger partial charge in [0.25, 0.3) is 5.69 Å². The Morgan fingerprint density at radius 2 is 2.19 bits per heavy atom. The maximum Gasteiger partial charge on any atom is 0.358 e. The Kier molecular flexibility index (Phi) is 2.38. The van der Waals surface area contributed by atoms with Crippen molar-refractivity contribution in [3.05, 3.63) is 34.1 Å². The summed E-state index contributed by atoms with van der Waals surface area (Å²) in [4.78, 5) is 12.5. The number of benzene rings is 1. The molecule has 0 spiro atoms. The molecule has 1 aromatic heterocycles. The fourth-order valence-electron chi connectivity index (χ4n) is 1.25. The number of hydrogen-bond acceptors (Lipinski definition) is 3. The minimum Gasteiger partial charge on any atom is -0.336 e. The monoisotopic (exact) mass is 291 g/mol. The molecular weight excluding hydrogens is 288 g/mol. The van der Waals surface area contributed by atoms with Crippen molar-refractivity contribution in [1.29, 1.82) is 0 Å². The summed E-state index contributed by atoms with van der Waals surface area (Å²) in [6.07, 6.45) is 0. The molecule has 2 aromatic rings. The number of halogens is 3. The third-order valence-electron chi connectivity index (χ3n) is 1.94. The van der Waals surface area contributed by atoms with E-state index in [2.05, 4.69) is 25.9 Å². The van der Waals surface area contributed by atoms with Crippen molar-refractivity contribution < 1.29 is 13.7 Å². The fourth-order valence-corrected chi connectivity index (χ4v) is 1.43. The van der Waals surface area contributed by atoms with Gasteiger partial charge in [0.15, 0.2) is 5.82 Å². The molecule has 8 heteroatoms. The van der Waals surface area contributed by atoms with Gasteiger partial charge in [0.2, 0.25) is 0 Å². The van der Waals surface area contributed by atoms with Crippen LogP contribution in [-0.4, -0.2) is 14.9 Å². The van der Waals surface area contributed by atoms with Crippen LogP contribution in [0.5, 0.6) is 0 Å². The van der Waals surface area contributed by atoms with Crippen molar-refractivity contribution in [2.75, 3.05) is 0 Å². The molecule has 0 fully saturated rings. The second-order valence-electron chi connectivity index (χ2n) is 3.04. The average molecular weight is 292 g/mol. The zero-order valence-corrected chi connectivity index (χ0v) is 9.16. The van der Waals surface area contributed by atoms with E-state index in [4.69, 9.17) is 0 Å². The lowest BCUT2D eigenvalue weighted by Crippen LogP contribution is -2.04. The van der Waals surface area contributed by atoms with Gasteiger partial charge in [0, 0.05) is 12.1 Å². The first kappa shape index (κ1) is 10.9. The summed E-state index contributed by atoms with van der Waals surface area (Å²) in [5.41, 5.74) is 0.267. The number of hydrogen-bond donors (Lipinski definition) is 1. The predicted octanol–water partition coefficient (Wildman–Crippen LogP) is 2.92. The number of non-ortho nitro benzene ring substituents is 1. The first-order valence-electron chi connectivity index (χ1n) is 4.09. The Morgan fingerprint density at radius 3 is 2.75 bits per heavy atom. The van der Waals surface area contributed by atoms with Crippen molar-refractivity contribution in [1.82, 2.24) is 9.97 Å². The van der Waals surface area contributed by atoms with Gasteiger partial charge >= 0.3 is 4.83 Å². The molecule has 0 aliphatic rings. The Labute approximate surface area is 95.8 Å². The summed E-state index contributed by atoms with van der Waals surface area (Å²) in [5.74, 6) is -0.581. The summed E-state index contributed by atoms with van der Waals surface area (Å²) in [5, 5.41) is 10.5. The maximum atomic E-state index is 12.8. The van der Waals surface area contributed by atoms with Gasteiger partial charge in [-0.3, -0.25) is 10.1 Å². The number of nitro groups is 1. The number of imidazole rings is 1. The highest BCUT2D eigenvalue weighted by Crippen LogP contribution is 2.33. The van der Waals surface area contributed by atoms with Crippen molar-refractivity contribution >= 4 is 32.7 Å². The van der Waals surface area contributed by atoms with Gasteiger partial charge in [-0.05, 0) is 22.0 Å². The van der Waals surface area contributed by atoms with Crippen molar-refractivity contribution in [3.63, 3.8) is 0 Å². The lowest BCUT2D eigenvalue weighted by molar-refractivity contribution is -0.384. The van der Waals surface area contributed by atoms with Gasteiger partial charge in [-0.2, -0.15) is 8.78 Å². The molecule has 0 bridgehead atoms. The van der Waals surface area contributed by atoms with Crippen LogP contribution in [0.1, 0.15) is 5.82 Å². The van der Waals surface area contributed by atoms with Gasteiger partial charge in [0.1, 0.15) is 0 Å². The molecule has 1 heterocycles. The SMILES string of the molecule is O=[N+]([O-])c1ccc2nc(C(F)(F)Br)[nH]c2c1. The highest BCUT2D eigenvalue weighted by molar-refractivity contribution is 9.09. The lowest BCUT2D eigenvalue weighted by atomic mass is 10.3. The van der Waals surface area contributed by atoms with Crippen LogP contribution in [0.25, 0.3) is 11.0 Å². The van der Waals surface area contributed by atoms with E-state index in [1.165, 1.54) is 12.1 Å². The summed E-state index contributed by atoms with van der Waals surface area (Å²) >= 11 is 2.15. The second kappa shape index (κ2) is 3.48. The largest absolute Gasteiger partial charge is 0.358 e. The molecule has 0 aliphatic carbocycles. The molecule has 0 radical (unpaired) electrons.